The van der Waals surface area contributed by atoms with Crippen molar-refractivity contribution in [3.05, 3.63) is 28.8 Å². The van der Waals surface area contributed by atoms with E-state index in [1.807, 2.05) is 5.43 Å². The van der Waals surface area contributed by atoms with Gasteiger partial charge in [0.05, 0.1) is 5.02 Å². The van der Waals surface area contributed by atoms with Gasteiger partial charge < -0.3 is 4.74 Å². The molecule has 3 N–H and O–H groups in total. The maximum absolute atomic E-state index is 11.1. The van der Waals surface area contributed by atoms with E-state index in [1.54, 1.807) is 6.07 Å². The molecule has 1 aromatic rings. The summed E-state index contributed by atoms with van der Waals surface area (Å²) in [7, 11) is 0. The Morgan fingerprint density at radius 3 is 2.81 bits per heavy atom. The molecular weight excluding hydrogens is 232 g/mol. The van der Waals surface area contributed by atoms with Gasteiger partial charge >= 0.3 is 0 Å². The molecule has 0 saturated carbocycles. The van der Waals surface area contributed by atoms with Gasteiger partial charge in [-0.1, -0.05) is 11.6 Å². The molecule has 16 heavy (non-hydrogen) atoms. The zero-order valence-electron chi connectivity index (χ0n) is 8.57. The highest BCUT2D eigenvalue weighted by Crippen LogP contribution is 2.25. The van der Waals surface area contributed by atoms with Crippen LogP contribution in [0.25, 0.3) is 0 Å². The zero-order valence-corrected chi connectivity index (χ0v) is 9.32. The number of nitrogens with two attached hydrogens (primary N) is 1. The second-order valence-electron chi connectivity index (χ2n) is 3.08. The summed E-state index contributed by atoms with van der Waals surface area (Å²) in [6.45, 7) is 1.53. The largest absolute Gasteiger partial charge is 0.479 e. The first-order valence-corrected chi connectivity index (χ1v) is 4.88. The SMILES string of the molecule is CC(Oc1ccc(C=O)cc1Cl)C(=O)NN. The first-order chi connectivity index (χ1) is 7.58. The van der Waals surface area contributed by atoms with Gasteiger partial charge in [-0.2, -0.15) is 0 Å². The standard InChI is InChI=1S/C10H11ClN2O3/c1-6(10(15)13-12)16-9-3-2-7(5-14)4-8(9)11/h2-6H,12H2,1H3,(H,13,15). The molecule has 1 aromatic carbocycles. The average molecular weight is 243 g/mol. The van der Waals surface area contributed by atoms with E-state index in [0.717, 1.165) is 0 Å². The second-order valence-corrected chi connectivity index (χ2v) is 3.48. The van der Waals surface area contributed by atoms with Gasteiger partial charge in [-0.15, -0.1) is 0 Å². The van der Waals surface area contributed by atoms with Gasteiger partial charge in [-0.25, -0.2) is 5.84 Å². The lowest BCUT2D eigenvalue weighted by molar-refractivity contribution is -0.127. The van der Waals surface area contributed by atoms with Crippen LogP contribution in [-0.4, -0.2) is 18.3 Å². The summed E-state index contributed by atoms with van der Waals surface area (Å²) in [6.07, 6.45) is -0.0873. The van der Waals surface area contributed by atoms with E-state index in [-0.39, 0.29) is 5.02 Å². The Bertz CT molecular complexity index is 409. The van der Waals surface area contributed by atoms with Crippen molar-refractivity contribution in [3.63, 3.8) is 0 Å². The molecule has 0 aromatic heterocycles. The van der Waals surface area contributed by atoms with Gasteiger partial charge in [0, 0.05) is 5.56 Å². The number of hydrogen-bond donors (Lipinski definition) is 2. The van der Waals surface area contributed by atoms with Gasteiger partial charge in [0.15, 0.2) is 6.10 Å². The molecule has 0 heterocycles. The number of aldehydes is 1. The number of nitrogens with one attached hydrogen (secondary N) is 1. The third-order valence-electron chi connectivity index (χ3n) is 1.91. The number of carbonyl (C=O) groups excluding carboxylic acids is 2. The predicted molar refractivity (Wildman–Crippen MR) is 59.3 cm³/mol. The van der Waals surface area contributed by atoms with Crippen molar-refractivity contribution in [3.8, 4) is 5.75 Å². The number of amides is 1. The molecule has 5 nitrogen and oxygen atoms in total. The highest BCUT2D eigenvalue weighted by molar-refractivity contribution is 6.32. The van der Waals surface area contributed by atoms with Crippen LogP contribution in [-0.2, 0) is 4.79 Å². The van der Waals surface area contributed by atoms with Gasteiger partial charge in [0.2, 0.25) is 0 Å². The van der Waals surface area contributed by atoms with Crippen LogP contribution >= 0.6 is 11.6 Å². The molecule has 1 atom stereocenters. The van der Waals surface area contributed by atoms with Gasteiger partial charge in [-0.05, 0) is 25.1 Å². The first-order valence-electron chi connectivity index (χ1n) is 4.50. The molecule has 0 saturated heterocycles. The van der Waals surface area contributed by atoms with Crippen LogP contribution in [0.15, 0.2) is 18.2 Å². The molecule has 0 bridgehead atoms. The van der Waals surface area contributed by atoms with Crippen molar-refractivity contribution in [1.82, 2.24) is 5.43 Å². The van der Waals surface area contributed by atoms with Crippen molar-refractivity contribution < 1.29 is 14.3 Å². The number of carbonyl (C=O) groups is 2. The fraction of sp³-hybridized carbons (Fsp3) is 0.200. The lowest BCUT2D eigenvalue weighted by Gasteiger charge is -2.14. The number of ether oxygens (including phenoxy) is 1. The molecule has 0 radical (unpaired) electrons. The lowest BCUT2D eigenvalue weighted by atomic mass is 10.2. The van der Waals surface area contributed by atoms with Gasteiger partial charge in [-0.3, -0.25) is 15.0 Å². The predicted octanol–water partition coefficient (Wildman–Crippen LogP) is 0.910. The molecule has 0 aliphatic heterocycles. The summed E-state index contributed by atoms with van der Waals surface area (Å²) in [5.41, 5.74) is 2.40. The quantitative estimate of drug-likeness (QED) is 0.356. The van der Waals surface area contributed by atoms with E-state index in [0.29, 0.717) is 17.6 Å². The van der Waals surface area contributed by atoms with Crippen LogP contribution in [0.3, 0.4) is 0 Å². The van der Waals surface area contributed by atoms with E-state index in [2.05, 4.69) is 0 Å². The summed E-state index contributed by atoms with van der Waals surface area (Å²) in [4.78, 5) is 21.6. The summed E-state index contributed by atoms with van der Waals surface area (Å²) in [5, 5.41) is 0.265. The van der Waals surface area contributed by atoms with Crippen LogP contribution in [0.2, 0.25) is 5.02 Å². The van der Waals surface area contributed by atoms with Crippen molar-refractivity contribution in [2.45, 2.75) is 13.0 Å². The van der Waals surface area contributed by atoms with E-state index < -0.39 is 12.0 Å². The summed E-state index contributed by atoms with van der Waals surface area (Å²) >= 11 is 5.85. The van der Waals surface area contributed by atoms with Crippen molar-refractivity contribution in [2.75, 3.05) is 0 Å². The third kappa shape index (κ3) is 2.95. The van der Waals surface area contributed by atoms with Gasteiger partial charge in [0.25, 0.3) is 5.91 Å². The molecule has 0 fully saturated rings. The number of rotatable bonds is 4. The summed E-state index contributed by atoms with van der Waals surface area (Å²) in [6, 6.07) is 4.52. The zero-order chi connectivity index (χ0) is 12.1. The maximum atomic E-state index is 11.1. The number of hydrogen-bond acceptors (Lipinski definition) is 4. The highest BCUT2D eigenvalue weighted by Gasteiger charge is 2.14. The Balaban J connectivity index is 2.82. The normalized spacial score (nSPS) is 11.7. The minimum Gasteiger partial charge on any atom is -0.479 e. The van der Waals surface area contributed by atoms with Crippen LogP contribution < -0.4 is 16.0 Å². The van der Waals surface area contributed by atoms with Crippen molar-refractivity contribution in [1.29, 1.82) is 0 Å². The number of benzene rings is 1. The smallest absolute Gasteiger partial charge is 0.274 e. The van der Waals surface area contributed by atoms with E-state index >= 15 is 0 Å². The Kier molecular flexibility index (Phi) is 4.28. The molecule has 1 rings (SSSR count). The Hall–Kier alpha value is -1.59. The van der Waals surface area contributed by atoms with Crippen LogP contribution in [0, 0.1) is 0 Å². The molecule has 0 spiro atoms. The molecule has 86 valence electrons. The van der Waals surface area contributed by atoms with E-state index in [1.165, 1.54) is 19.1 Å². The Morgan fingerprint density at radius 1 is 1.62 bits per heavy atom. The third-order valence-corrected chi connectivity index (χ3v) is 2.20. The molecule has 0 aliphatic rings. The van der Waals surface area contributed by atoms with Crippen LogP contribution in [0.4, 0.5) is 0 Å². The molecular formula is C10H11ClN2O3. The van der Waals surface area contributed by atoms with Gasteiger partial charge in [0.1, 0.15) is 12.0 Å². The maximum Gasteiger partial charge on any atom is 0.274 e. The second kappa shape index (κ2) is 5.48. The molecule has 6 heteroatoms. The van der Waals surface area contributed by atoms with Crippen molar-refractivity contribution in [2.24, 2.45) is 5.84 Å². The minimum absolute atomic E-state index is 0.265. The van der Waals surface area contributed by atoms with Crippen LogP contribution in [0.1, 0.15) is 17.3 Å². The highest BCUT2D eigenvalue weighted by atomic mass is 35.5. The fourth-order valence-electron chi connectivity index (χ4n) is 1.05. The fourth-order valence-corrected chi connectivity index (χ4v) is 1.28. The molecule has 0 aliphatic carbocycles. The molecule has 1 unspecified atom stereocenters. The monoisotopic (exact) mass is 242 g/mol. The lowest BCUT2D eigenvalue weighted by Crippen LogP contribution is -2.40. The number of hydrazine groups is 1. The molecule has 1 amide bonds. The summed E-state index contributed by atoms with van der Waals surface area (Å²) < 4.78 is 5.26. The van der Waals surface area contributed by atoms with E-state index in [4.69, 9.17) is 22.2 Å². The number of halogens is 1. The topological polar surface area (TPSA) is 81.4 Å². The average Bonchev–Trinajstić information content (AvgIpc) is 2.30. The first kappa shape index (κ1) is 12.5. The van der Waals surface area contributed by atoms with Crippen molar-refractivity contribution >= 4 is 23.8 Å². The summed E-state index contributed by atoms with van der Waals surface area (Å²) in [5.74, 6) is 4.81. The Labute approximate surface area is 97.5 Å². The van der Waals surface area contributed by atoms with Crippen LogP contribution in [0.5, 0.6) is 5.75 Å². The van der Waals surface area contributed by atoms with E-state index in [9.17, 15) is 9.59 Å². The Morgan fingerprint density at radius 2 is 2.31 bits per heavy atom. The minimum atomic E-state index is -0.760.